The Kier molecular flexibility index (Phi) is 5.55. The highest BCUT2D eigenvalue weighted by atomic mass is 32.2. The standard InChI is InChI=1S/C20H25N3O3S2/c1-22-9-11-23(12-10-22)28(25,26)16-6-4-5-15(13-16)21-20(24)18-14-27-19-8-3-2-7-17(18)19/h4-6,13-14H,2-3,7-12H2,1H3,(H,21,24). The predicted octanol–water partition coefficient (Wildman–Crippen LogP) is 2.82. The lowest BCUT2D eigenvalue weighted by Crippen LogP contribution is -2.47. The number of nitrogens with one attached hydrogen (secondary N) is 1. The quantitative estimate of drug-likeness (QED) is 0.827. The Bertz CT molecular complexity index is 976. The number of hydrogen-bond acceptors (Lipinski definition) is 5. The average Bonchev–Trinajstić information content (AvgIpc) is 3.13. The summed E-state index contributed by atoms with van der Waals surface area (Å²) in [5, 5.41) is 4.82. The van der Waals surface area contributed by atoms with Crippen LogP contribution in [0.25, 0.3) is 0 Å². The Balaban J connectivity index is 1.52. The molecule has 0 radical (unpaired) electrons. The first-order chi connectivity index (χ1) is 13.4. The Morgan fingerprint density at radius 1 is 1.11 bits per heavy atom. The molecule has 8 heteroatoms. The summed E-state index contributed by atoms with van der Waals surface area (Å²) in [6.45, 7) is 2.41. The number of likely N-dealkylation sites (N-methyl/N-ethyl adjacent to an activating group) is 1. The number of piperazine rings is 1. The highest BCUT2D eigenvalue weighted by Crippen LogP contribution is 2.31. The Morgan fingerprint density at radius 2 is 1.86 bits per heavy atom. The number of benzene rings is 1. The highest BCUT2D eigenvalue weighted by Gasteiger charge is 2.28. The summed E-state index contributed by atoms with van der Waals surface area (Å²) in [6, 6.07) is 6.57. The van der Waals surface area contributed by atoms with Crippen LogP contribution in [0.4, 0.5) is 5.69 Å². The number of hydrogen-bond donors (Lipinski definition) is 1. The van der Waals surface area contributed by atoms with Crippen LogP contribution in [0.3, 0.4) is 0 Å². The minimum Gasteiger partial charge on any atom is -0.322 e. The normalized spacial score (nSPS) is 18.6. The second-order valence-corrected chi connectivity index (χ2v) is 10.3. The van der Waals surface area contributed by atoms with Crippen LogP contribution in [0.5, 0.6) is 0 Å². The predicted molar refractivity (Wildman–Crippen MR) is 112 cm³/mol. The number of rotatable bonds is 4. The van der Waals surface area contributed by atoms with Crippen LogP contribution in [-0.2, 0) is 22.9 Å². The summed E-state index contributed by atoms with van der Waals surface area (Å²) < 4.78 is 27.4. The van der Waals surface area contributed by atoms with Gasteiger partial charge in [-0.05, 0) is 56.5 Å². The van der Waals surface area contributed by atoms with Crippen LogP contribution in [0, 0.1) is 0 Å². The van der Waals surface area contributed by atoms with Gasteiger partial charge in [-0.15, -0.1) is 11.3 Å². The molecule has 1 aromatic heterocycles. The van der Waals surface area contributed by atoms with Crippen molar-refractivity contribution in [1.29, 1.82) is 0 Å². The summed E-state index contributed by atoms with van der Waals surface area (Å²) in [5.41, 5.74) is 2.40. The minimum atomic E-state index is -3.55. The van der Waals surface area contributed by atoms with E-state index >= 15 is 0 Å². The Morgan fingerprint density at radius 3 is 2.64 bits per heavy atom. The van der Waals surface area contributed by atoms with E-state index in [0.717, 1.165) is 43.5 Å². The molecule has 2 aliphatic rings. The third kappa shape index (κ3) is 3.87. The lowest BCUT2D eigenvalue weighted by Gasteiger charge is -2.31. The van der Waals surface area contributed by atoms with Crippen molar-refractivity contribution in [2.75, 3.05) is 38.5 Å². The number of carbonyl (C=O) groups is 1. The smallest absolute Gasteiger partial charge is 0.256 e. The van der Waals surface area contributed by atoms with Crippen molar-refractivity contribution in [2.24, 2.45) is 0 Å². The summed E-state index contributed by atoms with van der Waals surface area (Å²) in [5.74, 6) is -0.159. The van der Waals surface area contributed by atoms with Gasteiger partial charge in [0, 0.05) is 42.1 Å². The molecule has 1 aliphatic carbocycles. The zero-order valence-corrected chi connectivity index (χ0v) is 17.6. The van der Waals surface area contributed by atoms with Crippen molar-refractivity contribution in [3.63, 3.8) is 0 Å². The number of nitrogens with zero attached hydrogens (tertiary/aromatic N) is 2. The number of thiophene rings is 1. The molecule has 28 heavy (non-hydrogen) atoms. The van der Waals surface area contributed by atoms with Crippen molar-refractivity contribution >= 4 is 33.0 Å². The van der Waals surface area contributed by atoms with Crippen LogP contribution in [-0.4, -0.2) is 56.8 Å². The molecular formula is C20H25N3O3S2. The molecule has 6 nitrogen and oxygen atoms in total. The minimum absolute atomic E-state index is 0.159. The zero-order chi connectivity index (χ0) is 19.7. The van der Waals surface area contributed by atoms with E-state index in [9.17, 15) is 13.2 Å². The topological polar surface area (TPSA) is 69.7 Å². The summed E-state index contributed by atoms with van der Waals surface area (Å²) in [7, 11) is -1.57. The molecule has 0 bridgehead atoms. The molecule has 4 rings (SSSR count). The maximum atomic E-state index is 12.9. The monoisotopic (exact) mass is 419 g/mol. The molecule has 1 aliphatic heterocycles. The van der Waals surface area contributed by atoms with Gasteiger partial charge in [-0.2, -0.15) is 4.31 Å². The number of anilines is 1. The first-order valence-corrected chi connectivity index (χ1v) is 12.0. The summed E-state index contributed by atoms with van der Waals surface area (Å²) in [4.78, 5) is 16.4. The maximum Gasteiger partial charge on any atom is 0.256 e. The molecule has 150 valence electrons. The molecule has 1 aromatic carbocycles. The highest BCUT2D eigenvalue weighted by molar-refractivity contribution is 7.89. The molecule has 1 N–H and O–H groups in total. The first kappa shape index (κ1) is 19.6. The van der Waals surface area contributed by atoms with Crippen molar-refractivity contribution in [1.82, 2.24) is 9.21 Å². The van der Waals surface area contributed by atoms with E-state index in [2.05, 4.69) is 10.2 Å². The molecule has 0 saturated carbocycles. The SMILES string of the molecule is CN1CCN(S(=O)(=O)c2cccc(NC(=O)c3csc4c3CCCC4)c2)CC1. The fourth-order valence-electron chi connectivity index (χ4n) is 3.79. The van der Waals surface area contributed by atoms with Crippen molar-refractivity contribution in [3.05, 3.63) is 45.6 Å². The second-order valence-electron chi connectivity index (χ2n) is 7.45. The van der Waals surface area contributed by atoms with Gasteiger partial charge in [-0.25, -0.2) is 8.42 Å². The van der Waals surface area contributed by atoms with Crippen LogP contribution in [0.2, 0.25) is 0 Å². The lowest BCUT2D eigenvalue weighted by atomic mass is 9.95. The molecule has 2 heterocycles. The largest absolute Gasteiger partial charge is 0.322 e. The summed E-state index contributed by atoms with van der Waals surface area (Å²) >= 11 is 1.65. The number of fused-ring (bicyclic) bond motifs is 1. The van der Waals surface area contributed by atoms with E-state index in [-0.39, 0.29) is 10.8 Å². The van der Waals surface area contributed by atoms with Gasteiger partial charge < -0.3 is 10.2 Å². The van der Waals surface area contributed by atoms with Crippen LogP contribution in [0.15, 0.2) is 34.5 Å². The number of aryl methyl sites for hydroxylation is 1. The molecular weight excluding hydrogens is 394 g/mol. The molecule has 1 fully saturated rings. The van der Waals surface area contributed by atoms with Gasteiger partial charge in [0.05, 0.1) is 10.5 Å². The third-order valence-electron chi connectivity index (χ3n) is 5.50. The lowest BCUT2D eigenvalue weighted by molar-refractivity contribution is 0.102. The summed E-state index contributed by atoms with van der Waals surface area (Å²) in [6.07, 6.45) is 4.29. The Labute approximate surface area is 170 Å². The van der Waals surface area contributed by atoms with E-state index in [1.165, 1.54) is 15.6 Å². The second kappa shape index (κ2) is 7.94. The van der Waals surface area contributed by atoms with Crippen LogP contribution in [0.1, 0.15) is 33.6 Å². The van der Waals surface area contributed by atoms with Crippen molar-refractivity contribution in [3.8, 4) is 0 Å². The van der Waals surface area contributed by atoms with E-state index in [1.54, 1.807) is 35.6 Å². The van der Waals surface area contributed by atoms with Crippen molar-refractivity contribution < 1.29 is 13.2 Å². The fraction of sp³-hybridized carbons (Fsp3) is 0.450. The van der Waals surface area contributed by atoms with E-state index in [0.29, 0.717) is 18.8 Å². The van der Waals surface area contributed by atoms with E-state index in [1.807, 2.05) is 12.4 Å². The molecule has 0 unspecified atom stereocenters. The molecule has 0 spiro atoms. The number of carbonyl (C=O) groups excluding carboxylic acids is 1. The molecule has 2 aromatic rings. The van der Waals surface area contributed by atoms with Gasteiger partial charge in [-0.1, -0.05) is 6.07 Å². The molecule has 1 amide bonds. The van der Waals surface area contributed by atoms with Crippen LogP contribution < -0.4 is 5.32 Å². The molecule has 0 atom stereocenters. The van der Waals surface area contributed by atoms with Crippen molar-refractivity contribution in [2.45, 2.75) is 30.6 Å². The fourth-order valence-corrected chi connectivity index (χ4v) is 6.39. The van der Waals surface area contributed by atoms with Gasteiger partial charge in [-0.3, -0.25) is 4.79 Å². The van der Waals surface area contributed by atoms with Crippen LogP contribution >= 0.6 is 11.3 Å². The van der Waals surface area contributed by atoms with Gasteiger partial charge in [0.25, 0.3) is 5.91 Å². The first-order valence-electron chi connectivity index (χ1n) is 9.64. The maximum absolute atomic E-state index is 12.9. The van der Waals surface area contributed by atoms with Gasteiger partial charge in [0.1, 0.15) is 0 Å². The third-order valence-corrected chi connectivity index (χ3v) is 8.48. The number of amides is 1. The van der Waals surface area contributed by atoms with Gasteiger partial charge in [0.15, 0.2) is 0 Å². The van der Waals surface area contributed by atoms with E-state index < -0.39 is 10.0 Å². The Hall–Kier alpha value is -1.74. The van der Waals surface area contributed by atoms with Gasteiger partial charge >= 0.3 is 0 Å². The average molecular weight is 420 g/mol. The zero-order valence-electron chi connectivity index (χ0n) is 16.0. The molecule has 1 saturated heterocycles. The van der Waals surface area contributed by atoms with Gasteiger partial charge in [0.2, 0.25) is 10.0 Å². The van der Waals surface area contributed by atoms with E-state index in [4.69, 9.17) is 0 Å². The number of sulfonamides is 1.